The highest BCUT2D eigenvalue weighted by Gasteiger charge is 2.03. The van der Waals surface area contributed by atoms with Gasteiger partial charge >= 0.3 is 0 Å². The van der Waals surface area contributed by atoms with Crippen LogP contribution in [0, 0.1) is 6.92 Å². The van der Waals surface area contributed by atoms with E-state index in [4.69, 9.17) is 0 Å². The number of thiazole rings is 1. The zero-order valence-corrected chi connectivity index (χ0v) is 10.1. The van der Waals surface area contributed by atoms with E-state index < -0.39 is 0 Å². The van der Waals surface area contributed by atoms with E-state index >= 15 is 0 Å². The highest BCUT2D eigenvalue weighted by Crippen LogP contribution is 2.13. The summed E-state index contributed by atoms with van der Waals surface area (Å²) in [5, 5.41) is 8.58. The van der Waals surface area contributed by atoms with Gasteiger partial charge < -0.3 is 5.32 Å². The van der Waals surface area contributed by atoms with Gasteiger partial charge in [-0.15, -0.1) is 16.4 Å². The molecule has 0 atom stereocenters. The molecule has 5 nitrogen and oxygen atoms in total. The van der Waals surface area contributed by atoms with Gasteiger partial charge in [0, 0.05) is 17.3 Å². The predicted molar refractivity (Wildman–Crippen MR) is 67.2 cm³/mol. The fourth-order valence-corrected chi connectivity index (χ4v) is 2.29. The van der Waals surface area contributed by atoms with Gasteiger partial charge in [0.2, 0.25) is 5.95 Å². The Balaban J connectivity index is 1.76. The van der Waals surface area contributed by atoms with Crippen LogP contribution in [-0.4, -0.2) is 19.6 Å². The Morgan fingerprint density at radius 1 is 1.41 bits per heavy atom. The SMILES string of the molecule is Cc1ncc(CNc2nc3ccccn3n2)s1. The van der Waals surface area contributed by atoms with Gasteiger partial charge in [-0.05, 0) is 19.1 Å². The largest absolute Gasteiger partial charge is 0.348 e. The Hall–Kier alpha value is -1.95. The molecule has 0 aliphatic carbocycles. The number of aryl methyl sites for hydroxylation is 1. The summed E-state index contributed by atoms with van der Waals surface area (Å²) in [4.78, 5) is 9.75. The van der Waals surface area contributed by atoms with E-state index in [-0.39, 0.29) is 0 Å². The van der Waals surface area contributed by atoms with Crippen molar-refractivity contribution in [3.63, 3.8) is 0 Å². The van der Waals surface area contributed by atoms with Gasteiger partial charge in [0.05, 0.1) is 11.6 Å². The van der Waals surface area contributed by atoms with Crippen LogP contribution in [0.5, 0.6) is 0 Å². The molecule has 6 heteroatoms. The molecule has 0 aliphatic rings. The summed E-state index contributed by atoms with van der Waals surface area (Å²) in [5.41, 5.74) is 0.843. The molecule has 3 heterocycles. The molecular formula is C11H11N5S. The van der Waals surface area contributed by atoms with Gasteiger partial charge in [0.1, 0.15) is 0 Å². The van der Waals surface area contributed by atoms with Crippen LogP contribution in [0.15, 0.2) is 30.6 Å². The zero-order valence-electron chi connectivity index (χ0n) is 9.29. The summed E-state index contributed by atoms with van der Waals surface area (Å²) < 4.78 is 1.75. The van der Waals surface area contributed by atoms with Crippen LogP contribution in [0.3, 0.4) is 0 Å². The Bertz CT molecular complexity index is 609. The number of hydrogen-bond acceptors (Lipinski definition) is 5. The van der Waals surface area contributed by atoms with Gasteiger partial charge in [-0.25, -0.2) is 9.50 Å². The summed E-state index contributed by atoms with van der Waals surface area (Å²) in [5.74, 6) is 0.641. The fraction of sp³-hybridized carbons (Fsp3) is 0.182. The summed E-state index contributed by atoms with van der Waals surface area (Å²) >= 11 is 1.68. The normalized spacial score (nSPS) is 10.9. The van der Waals surface area contributed by atoms with Crippen LogP contribution in [0.4, 0.5) is 5.95 Å². The maximum absolute atomic E-state index is 4.36. The van der Waals surface area contributed by atoms with E-state index in [1.807, 2.05) is 37.5 Å². The summed E-state index contributed by atoms with van der Waals surface area (Å²) in [6.07, 6.45) is 3.76. The number of aromatic nitrogens is 4. The maximum Gasteiger partial charge on any atom is 0.243 e. The minimum atomic E-state index is 0.641. The molecule has 3 rings (SSSR count). The lowest BCUT2D eigenvalue weighted by atomic mass is 10.5. The number of nitrogens with one attached hydrogen (secondary N) is 1. The Labute approximate surface area is 102 Å². The quantitative estimate of drug-likeness (QED) is 0.767. The predicted octanol–water partition coefficient (Wildman–Crippen LogP) is 2.11. The second kappa shape index (κ2) is 4.14. The lowest BCUT2D eigenvalue weighted by Gasteiger charge is -1.96. The first kappa shape index (κ1) is 10.2. The third-order valence-electron chi connectivity index (χ3n) is 2.33. The molecule has 1 N–H and O–H groups in total. The fourth-order valence-electron chi connectivity index (χ4n) is 1.56. The lowest BCUT2D eigenvalue weighted by Crippen LogP contribution is -1.99. The summed E-state index contributed by atoms with van der Waals surface area (Å²) in [7, 11) is 0. The van der Waals surface area contributed by atoms with Crippen molar-refractivity contribution in [1.82, 2.24) is 19.6 Å². The molecule has 0 spiro atoms. The van der Waals surface area contributed by atoms with Crippen LogP contribution in [0.2, 0.25) is 0 Å². The number of nitrogens with zero attached hydrogens (tertiary/aromatic N) is 4. The first-order chi connectivity index (χ1) is 8.31. The van der Waals surface area contributed by atoms with E-state index in [0.717, 1.165) is 10.7 Å². The number of pyridine rings is 1. The molecule has 17 heavy (non-hydrogen) atoms. The van der Waals surface area contributed by atoms with Crippen molar-refractivity contribution in [3.8, 4) is 0 Å². The van der Waals surface area contributed by atoms with Gasteiger partial charge in [-0.3, -0.25) is 0 Å². The van der Waals surface area contributed by atoms with Crippen molar-refractivity contribution in [2.75, 3.05) is 5.32 Å². The molecule has 86 valence electrons. The molecule has 0 unspecified atom stereocenters. The smallest absolute Gasteiger partial charge is 0.243 e. The van der Waals surface area contributed by atoms with Crippen molar-refractivity contribution in [2.24, 2.45) is 0 Å². The van der Waals surface area contributed by atoms with E-state index in [9.17, 15) is 0 Å². The highest BCUT2D eigenvalue weighted by atomic mass is 32.1. The minimum absolute atomic E-state index is 0.641. The van der Waals surface area contributed by atoms with Crippen LogP contribution in [0.1, 0.15) is 9.88 Å². The molecule has 0 aliphatic heterocycles. The molecule has 0 fully saturated rings. The van der Waals surface area contributed by atoms with Crippen molar-refractivity contribution in [1.29, 1.82) is 0 Å². The Morgan fingerprint density at radius 3 is 3.12 bits per heavy atom. The van der Waals surface area contributed by atoms with Gasteiger partial charge in [0.25, 0.3) is 0 Å². The van der Waals surface area contributed by atoms with E-state index in [0.29, 0.717) is 12.5 Å². The van der Waals surface area contributed by atoms with Crippen molar-refractivity contribution in [2.45, 2.75) is 13.5 Å². The number of anilines is 1. The summed E-state index contributed by atoms with van der Waals surface area (Å²) in [6.45, 7) is 2.71. The molecular weight excluding hydrogens is 234 g/mol. The van der Waals surface area contributed by atoms with Crippen molar-refractivity contribution >= 4 is 22.9 Å². The maximum atomic E-state index is 4.36. The van der Waals surface area contributed by atoms with Crippen molar-refractivity contribution < 1.29 is 0 Å². The van der Waals surface area contributed by atoms with E-state index in [1.165, 1.54) is 4.88 Å². The van der Waals surface area contributed by atoms with Gasteiger partial charge in [-0.1, -0.05) is 6.07 Å². The van der Waals surface area contributed by atoms with E-state index in [2.05, 4.69) is 20.4 Å². The molecule has 0 amide bonds. The molecule has 0 saturated carbocycles. The second-order valence-electron chi connectivity index (χ2n) is 3.64. The molecule has 0 saturated heterocycles. The third kappa shape index (κ3) is 2.12. The average Bonchev–Trinajstić information content (AvgIpc) is 2.91. The van der Waals surface area contributed by atoms with Crippen molar-refractivity contribution in [3.05, 3.63) is 40.5 Å². The van der Waals surface area contributed by atoms with Crippen LogP contribution in [0.25, 0.3) is 5.65 Å². The highest BCUT2D eigenvalue weighted by molar-refractivity contribution is 7.11. The molecule has 3 aromatic heterocycles. The molecule has 0 aromatic carbocycles. The monoisotopic (exact) mass is 245 g/mol. The third-order valence-corrected chi connectivity index (χ3v) is 3.24. The minimum Gasteiger partial charge on any atom is -0.348 e. The first-order valence-electron chi connectivity index (χ1n) is 5.28. The number of fused-ring (bicyclic) bond motifs is 1. The lowest BCUT2D eigenvalue weighted by molar-refractivity contribution is 0.952. The van der Waals surface area contributed by atoms with E-state index in [1.54, 1.807) is 15.9 Å². The number of hydrogen-bond donors (Lipinski definition) is 1. The summed E-state index contributed by atoms with van der Waals surface area (Å²) in [6, 6.07) is 5.80. The Kier molecular flexibility index (Phi) is 2.49. The van der Waals surface area contributed by atoms with Gasteiger partial charge in [0.15, 0.2) is 5.65 Å². The van der Waals surface area contributed by atoms with Crippen LogP contribution < -0.4 is 5.32 Å². The molecule has 0 radical (unpaired) electrons. The molecule has 0 bridgehead atoms. The Morgan fingerprint density at radius 2 is 2.35 bits per heavy atom. The van der Waals surface area contributed by atoms with Crippen LogP contribution >= 0.6 is 11.3 Å². The number of rotatable bonds is 3. The standard InChI is InChI=1S/C11H11N5S/c1-8-12-6-9(17-8)7-13-11-14-10-4-2-3-5-16(10)15-11/h2-6H,7H2,1H3,(H,13,15). The van der Waals surface area contributed by atoms with Crippen LogP contribution in [-0.2, 0) is 6.54 Å². The molecule has 3 aromatic rings. The zero-order chi connectivity index (χ0) is 11.7. The second-order valence-corrected chi connectivity index (χ2v) is 4.96. The van der Waals surface area contributed by atoms with Gasteiger partial charge in [-0.2, -0.15) is 4.98 Å². The topological polar surface area (TPSA) is 55.1 Å². The average molecular weight is 245 g/mol. The first-order valence-corrected chi connectivity index (χ1v) is 6.09.